The highest BCUT2D eigenvalue weighted by Gasteiger charge is 2.08. The van der Waals surface area contributed by atoms with Crippen molar-refractivity contribution in [2.24, 2.45) is 0 Å². The molecule has 0 saturated carbocycles. The third-order valence-electron chi connectivity index (χ3n) is 2.13. The molecule has 0 amide bonds. The lowest BCUT2D eigenvalue weighted by molar-refractivity contribution is 0.476. The Kier molecular flexibility index (Phi) is 2.73. The van der Waals surface area contributed by atoms with Crippen LogP contribution in [-0.2, 0) is 0 Å². The maximum absolute atomic E-state index is 13.6. The number of phenolic OH excluding ortho intramolecular Hbond substituents is 1. The van der Waals surface area contributed by atoms with Gasteiger partial charge in [0.05, 0.1) is 0 Å². The van der Waals surface area contributed by atoms with Gasteiger partial charge in [-0.3, -0.25) is 0 Å². The minimum atomic E-state index is -0.356. The molecule has 0 aromatic heterocycles. The van der Waals surface area contributed by atoms with E-state index in [0.29, 0.717) is 15.6 Å². The SMILES string of the molecule is Oc1ccccc1-c1ccc(Br)cc1F. The number of hydrogen-bond acceptors (Lipinski definition) is 1. The van der Waals surface area contributed by atoms with Crippen LogP contribution in [0.3, 0.4) is 0 Å². The molecule has 15 heavy (non-hydrogen) atoms. The predicted octanol–water partition coefficient (Wildman–Crippen LogP) is 3.96. The molecule has 0 aliphatic heterocycles. The van der Waals surface area contributed by atoms with Crippen LogP contribution < -0.4 is 0 Å². The van der Waals surface area contributed by atoms with Crippen molar-refractivity contribution in [2.75, 3.05) is 0 Å². The summed E-state index contributed by atoms with van der Waals surface area (Å²) in [4.78, 5) is 0. The molecule has 1 N–H and O–H groups in total. The van der Waals surface area contributed by atoms with E-state index in [2.05, 4.69) is 15.9 Å². The lowest BCUT2D eigenvalue weighted by atomic mass is 10.0. The standard InChI is InChI=1S/C12H8BrFO/c13-8-5-6-9(11(14)7-8)10-3-1-2-4-12(10)15/h1-7,15H. The number of hydrogen-bond donors (Lipinski definition) is 1. The average Bonchev–Trinajstić information content (AvgIpc) is 2.20. The zero-order valence-corrected chi connectivity index (χ0v) is 9.33. The molecule has 0 spiro atoms. The Balaban J connectivity index is 2.60. The average molecular weight is 267 g/mol. The molecule has 0 atom stereocenters. The maximum Gasteiger partial charge on any atom is 0.132 e. The topological polar surface area (TPSA) is 20.2 Å². The van der Waals surface area contributed by atoms with E-state index >= 15 is 0 Å². The number of halogens is 2. The van der Waals surface area contributed by atoms with Gasteiger partial charge in [-0.2, -0.15) is 0 Å². The highest BCUT2D eigenvalue weighted by molar-refractivity contribution is 9.10. The van der Waals surface area contributed by atoms with Gasteiger partial charge in [-0.15, -0.1) is 0 Å². The second-order valence-corrected chi connectivity index (χ2v) is 4.06. The molecule has 76 valence electrons. The molecule has 2 rings (SSSR count). The van der Waals surface area contributed by atoms with E-state index < -0.39 is 0 Å². The van der Waals surface area contributed by atoms with Crippen molar-refractivity contribution in [2.45, 2.75) is 0 Å². The fourth-order valence-electron chi connectivity index (χ4n) is 1.41. The Labute approximate surface area is 95.3 Å². The first-order valence-electron chi connectivity index (χ1n) is 4.42. The summed E-state index contributed by atoms with van der Waals surface area (Å²) < 4.78 is 14.3. The quantitative estimate of drug-likeness (QED) is 0.829. The van der Waals surface area contributed by atoms with E-state index in [1.54, 1.807) is 30.3 Å². The van der Waals surface area contributed by atoms with Crippen molar-refractivity contribution in [3.05, 3.63) is 52.8 Å². The van der Waals surface area contributed by atoms with Crippen LogP contribution in [0.5, 0.6) is 5.75 Å². The molecular formula is C12H8BrFO. The minimum Gasteiger partial charge on any atom is -0.507 e. The molecule has 0 bridgehead atoms. The normalized spacial score (nSPS) is 10.3. The van der Waals surface area contributed by atoms with E-state index in [1.807, 2.05) is 0 Å². The van der Waals surface area contributed by atoms with Gasteiger partial charge in [0.2, 0.25) is 0 Å². The van der Waals surface area contributed by atoms with Gasteiger partial charge < -0.3 is 5.11 Å². The monoisotopic (exact) mass is 266 g/mol. The second kappa shape index (κ2) is 4.03. The van der Waals surface area contributed by atoms with Crippen LogP contribution in [0, 0.1) is 5.82 Å². The van der Waals surface area contributed by atoms with E-state index in [-0.39, 0.29) is 11.6 Å². The number of benzene rings is 2. The van der Waals surface area contributed by atoms with E-state index in [4.69, 9.17) is 0 Å². The summed E-state index contributed by atoms with van der Waals surface area (Å²) in [6.45, 7) is 0. The zero-order valence-electron chi connectivity index (χ0n) is 7.74. The summed E-state index contributed by atoms with van der Waals surface area (Å²) in [6.07, 6.45) is 0. The van der Waals surface area contributed by atoms with Gasteiger partial charge in [0, 0.05) is 15.6 Å². The molecule has 0 heterocycles. The van der Waals surface area contributed by atoms with Gasteiger partial charge in [-0.25, -0.2) is 4.39 Å². The van der Waals surface area contributed by atoms with Crippen molar-refractivity contribution in [1.29, 1.82) is 0 Å². The Morgan fingerprint density at radius 3 is 2.40 bits per heavy atom. The largest absolute Gasteiger partial charge is 0.507 e. The first-order chi connectivity index (χ1) is 7.18. The van der Waals surface area contributed by atoms with Crippen LogP contribution in [0.1, 0.15) is 0 Å². The van der Waals surface area contributed by atoms with Gasteiger partial charge in [0.25, 0.3) is 0 Å². The van der Waals surface area contributed by atoms with E-state index in [1.165, 1.54) is 12.1 Å². The maximum atomic E-state index is 13.6. The van der Waals surface area contributed by atoms with E-state index in [9.17, 15) is 9.50 Å². The summed E-state index contributed by atoms with van der Waals surface area (Å²) in [5.41, 5.74) is 0.902. The molecule has 2 aromatic rings. The fourth-order valence-corrected chi connectivity index (χ4v) is 1.74. The van der Waals surface area contributed by atoms with Crippen molar-refractivity contribution in [1.82, 2.24) is 0 Å². The summed E-state index contributed by atoms with van der Waals surface area (Å²) in [7, 11) is 0. The van der Waals surface area contributed by atoms with Crippen molar-refractivity contribution >= 4 is 15.9 Å². The summed E-state index contributed by atoms with van der Waals surface area (Å²) in [6, 6.07) is 11.4. The number of aromatic hydroxyl groups is 1. The summed E-state index contributed by atoms with van der Waals surface area (Å²) in [5, 5.41) is 9.58. The fraction of sp³-hybridized carbons (Fsp3) is 0. The highest BCUT2D eigenvalue weighted by atomic mass is 79.9. The molecule has 0 radical (unpaired) electrons. The molecule has 0 aliphatic carbocycles. The van der Waals surface area contributed by atoms with Crippen LogP contribution in [0.4, 0.5) is 4.39 Å². The van der Waals surface area contributed by atoms with Crippen LogP contribution in [0.2, 0.25) is 0 Å². The number of phenols is 1. The Bertz CT molecular complexity index is 497. The summed E-state index contributed by atoms with van der Waals surface area (Å²) >= 11 is 3.18. The minimum absolute atomic E-state index is 0.0822. The van der Waals surface area contributed by atoms with Crippen LogP contribution >= 0.6 is 15.9 Å². The number of rotatable bonds is 1. The van der Waals surface area contributed by atoms with Gasteiger partial charge >= 0.3 is 0 Å². The van der Waals surface area contributed by atoms with E-state index in [0.717, 1.165) is 0 Å². The third-order valence-corrected chi connectivity index (χ3v) is 2.62. The summed E-state index contributed by atoms with van der Waals surface area (Å²) in [5.74, 6) is -0.274. The molecule has 3 heteroatoms. The smallest absolute Gasteiger partial charge is 0.132 e. The Hall–Kier alpha value is -1.35. The first kappa shape index (κ1) is 10.2. The highest BCUT2D eigenvalue weighted by Crippen LogP contribution is 2.31. The molecule has 2 aromatic carbocycles. The molecule has 0 saturated heterocycles. The third kappa shape index (κ3) is 2.02. The van der Waals surface area contributed by atoms with Crippen LogP contribution in [0.15, 0.2) is 46.9 Å². The van der Waals surface area contributed by atoms with Gasteiger partial charge in [-0.05, 0) is 18.2 Å². The van der Waals surface area contributed by atoms with Gasteiger partial charge in [-0.1, -0.05) is 40.2 Å². The molecule has 1 nitrogen and oxygen atoms in total. The van der Waals surface area contributed by atoms with Crippen molar-refractivity contribution in [3.8, 4) is 16.9 Å². The predicted molar refractivity (Wildman–Crippen MR) is 61.2 cm³/mol. The zero-order chi connectivity index (χ0) is 10.8. The Morgan fingerprint density at radius 1 is 1.00 bits per heavy atom. The molecular weight excluding hydrogens is 259 g/mol. The Morgan fingerprint density at radius 2 is 1.73 bits per heavy atom. The molecule has 0 aliphatic rings. The van der Waals surface area contributed by atoms with Gasteiger partial charge in [0.1, 0.15) is 11.6 Å². The van der Waals surface area contributed by atoms with Crippen molar-refractivity contribution in [3.63, 3.8) is 0 Å². The second-order valence-electron chi connectivity index (χ2n) is 3.14. The molecule has 0 fully saturated rings. The van der Waals surface area contributed by atoms with Gasteiger partial charge in [0.15, 0.2) is 0 Å². The van der Waals surface area contributed by atoms with Crippen LogP contribution in [0.25, 0.3) is 11.1 Å². The lowest BCUT2D eigenvalue weighted by Crippen LogP contribution is -1.84. The van der Waals surface area contributed by atoms with Crippen molar-refractivity contribution < 1.29 is 9.50 Å². The lowest BCUT2D eigenvalue weighted by Gasteiger charge is -2.05. The van der Waals surface area contributed by atoms with Crippen LogP contribution in [-0.4, -0.2) is 5.11 Å². The molecule has 0 unspecified atom stereocenters. The number of para-hydroxylation sites is 1. The first-order valence-corrected chi connectivity index (χ1v) is 5.21.